The maximum atomic E-state index is 6.74. The topological polar surface area (TPSA) is 57.2 Å². The van der Waals surface area contributed by atoms with E-state index in [0.29, 0.717) is 11.5 Å². The SMILES string of the molecule is CC(C)c1cc(-c2ccccc2)cc(C(C)C)c1-c1nc2ccc(Oc3[c-]c(-c4nc5ccccc5n4-c4c(C(C)C)cc(-c5ccccc5)cc4C(C)C)ccc3)[c-]c2c2nc3ccccc3n12.[Pt+2]. The summed E-state index contributed by atoms with van der Waals surface area (Å²) in [5.41, 5.74) is 18.5. The van der Waals surface area contributed by atoms with Crippen LogP contribution >= 0.6 is 0 Å². The second-order valence-corrected chi connectivity index (χ2v) is 19.5. The fraction of sp³-hybridized carbons (Fsp3) is 0.190. The first-order chi connectivity index (χ1) is 33.5. The van der Waals surface area contributed by atoms with Crippen molar-refractivity contribution < 1.29 is 25.8 Å². The summed E-state index contributed by atoms with van der Waals surface area (Å²) in [5.74, 6) is 3.76. The quantitative estimate of drug-likeness (QED) is 0.121. The molecular weight excluding hydrogens is 1040 g/mol. The van der Waals surface area contributed by atoms with Crippen LogP contribution in [0.1, 0.15) is 101 Å². The van der Waals surface area contributed by atoms with Gasteiger partial charge in [-0.25, -0.2) is 0 Å². The van der Waals surface area contributed by atoms with Gasteiger partial charge in [0.15, 0.2) is 0 Å². The van der Waals surface area contributed by atoms with E-state index >= 15 is 0 Å². The summed E-state index contributed by atoms with van der Waals surface area (Å²) in [6.45, 7) is 18.2. The van der Waals surface area contributed by atoms with Crippen LogP contribution in [0.3, 0.4) is 0 Å². The first-order valence-electron chi connectivity index (χ1n) is 24.3. The number of benzene rings is 8. The Morgan fingerprint density at radius 2 is 0.929 bits per heavy atom. The van der Waals surface area contributed by atoms with Crippen LogP contribution < -0.4 is 4.74 Å². The normalized spacial score (nSPS) is 11.8. The molecule has 11 aromatic rings. The number of hydrogen-bond donors (Lipinski definition) is 0. The minimum absolute atomic E-state index is 0. The van der Waals surface area contributed by atoms with Gasteiger partial charge in [0.25, 0.3) is 0 Å². The summed E-state index contributed by atoms with van der Waals surface area (Å²) in [5, 5.41) is 0.782. The zero-order valence-electron chi connectivity index (χ0n) is 40.9. The first kappa shape index (κ1) is 46.6. The third-order valence-corrected chi connectivity index (χ3v) is 13.4. The molecular formula is C63H55N5OPt. The van der Waals surface area contributed by atoms with Crippen LogP contribution in [-0.4, -0.2) is 23.9 Å². The Bertz CT molecular complexity index is 3660. The summed E-state index contributed by atoms with van der Waals surface area (Å²) in [6, 6.07) is 64.8. The molecule has 0 atom stereocenters. The van der Waals surface area contributed by atoms with Crippen LogP contribution in [0.2, 0.25) is 0 Å². The minimum Gasteiger partial charge on any atom is -0.497 e. The van der Waals surface area contributed by atoms with E-state index in [1.165, 1.54) is 50.2 Å². The molecule has 0 aliphatic heterocycles. The van der Waals surface area contributed by atoms with E-state index < -0.39 is 0 Å². The maximum Gasteiger partial charge on any atom is 2.00 e. The number of ether oxygens (including phenoxy) is 1. The predicted octanol–water partition coefficient (Wildman–Crippen LogP) is 16.9. The van der Waals surface area contributed by atoms with Crippen molar-refractivity contribution in [2.45, 2.75) is 79.1 Å². The summed E-state index contributed by atoms with van der Waals surface area (Å²) in [6.07, 6.45) is 0. The van der Waals surface area contributed by atoms with Crippen molar-refractivity contribution in [1.29, 1.82) is 0 Å². The van der Waals surface area contributed by atoms with E-state index in [1.807, 2.05) is 30.3 Å². The van der Waals surface area contributed by atoms with Crippen molar-refractivity contribution in [2.75, 3.05) is 0 Å². The Labute approximate surface area is 425 Å². The summed E-state index contributed by atoms with van der Waals surface area (Å²) < 4.78 is 11.3. The van der Waals surface area contributed by atoms with Crippen molar-refractivity contribution in [1.82, 2.24) is 23.9 Å². The van der Waals surface area contributed by atoms with Crippen molar-refractivity contribution >= 4 is 38.6 Å². The molecule has 6 nitrogen and oxygen atoms in total. The van der Waals surface area contributed by atoms with Crippen LogP contribution in [0, 0.1) is 12.1 Å². The van der Waals surface area contributed by atoms with Crippen molar-refractivity contribution in [3.8, 4) is 62.2 Å². The maximum absolute atomic E-state index is 6.74. The number of hydrogen-bond acceptors (Lipinski definition) is 4. The molecule has 0 spiro atoms. The van der Waals surface area contributed by atoms with Gasteiger partial charge in [0.05, 0.1) is 33.5 Å². The Hall–Kier alpha value is -7.14. The molecule has 7 heteroatoms. The van der Waals surface area contributed by atoms with Gasteiger partial charge in [0, 0.05) is 22.7 Å². The average molecular weight is 1090 g/mol. The van der Waals surface area contributed by atoms with Gasteiger partial charge in [-0.3, -0.25) is 15.0 Å². The molecule has 11 rings (SSSR count). The third kappa shape index (κ3) is 8.32. The van der Waals surface area contributed by atoms with E-state index in [0.717, 1.165) is 61.4 Å². The van der Waals surface area contributed by atoms with E-state index in [4.69, 9.17) is 19.7 Å². The number of aromatic nitrogens is 5. The minimum atomic E-state index is 0. The van der Waals surface area contributed by atoms with E-state index in [9.17, 15) is 0 Å². The van der Waals surface area contributed by atoms with E-state index in [-0.39, 0.29) is 44.7 Å². The van der Waals surface area contributed by atoms with Crippen LogP contribution in [0.5, 0.6) is 11.5 Å². The largest absolute Gasteiger partial charge is 2.00 e. The van der Waals surface area contributed by atoms with Gasteiger partial charge >= 0.3 is 21.1 Å². The molecule has 3 heterocycles. The van der Waals surface area contributed by atoms with Crippen LogP contribution in [0.4, 0.5) is 0 Å². The molecule has 0 radical (unpaired) electrons. The molecule has 348 valence electrons. The van der Waals surface area contributed by atoms with E-state index in [2.05, 4.69) is 210 Å². The summed E-state index contributed by atoms with van der Waals surface area (Å²) >= 11 is 0. The molecule has 0 saturated carbocycles. The number of imidazole rings is 2. The second-order valence-electron chi connectivity index (χ2n) is 19.5. The molecule has 0 unspecified atom stereocenters. The Kier molecular flexibility index (Phi) is 12.6. The van der Waals surface area contributed by atoms with Crippen LogP contribution in [0.25, 0.3) is 89.3 Å². The fourth-order valence-electron chi connectivity index (χ4n) is 9.99. The van der Waals surface area contributed by atoms with Gasteiger partial charge in [-0.15, -0.1) is 29.8 Å². The predicted molar refractivity (Wildman–Crippen MR) is 285 cm³/mol. The van der Waals surface area contributed by atoms with Crippen LogP contribution in [-0.2, 0) is 21.1 Å². The van der Waals surface area contributed by atoms with Crippen molar-refractivity contribution in [3.63, 3.8) is 0 Å². The smallest absolute Gasteiger partial charge is 0.497 e. The Morgan fingerprint density at radius 3 is 1.51 bits per heavy atom. The number of rotatable bonds is 11. The number of nitrogens with zero attached hydrogens (tertiary/aromatic N) is 5. The van der Waals surface area contributed by atoms with Crippen LogP contribution in [0.15, 0.2) is 164 Å². The monoisotopic (exact) mass is 1090 g/mol. The molecule has 8 aromatic carbocycles. The van der Waals surface area contributed by atoms with Gasteiger partial charge in [0.2, 0.25) is 0 Å². The van der Waals surface area contributed by atoms with E-state index in [1.54, 1.807) is 0 Å². The molecule has 3 aromatic heterocycles. The molecule has 0 bridgehead atoms. The van der Waals surface area contributed by atoms with Gasteiger partial charge in [0.1, 0.15) is 5.82 Å². The zero-order valence-corrected chi connectivity index (χ0v) is 43.1. The molecule has 0 amide bonds. The zero-order chi connectivity index (χ0) is 47.5. The average Bonchev–Trinajstić information content (AvgIpc) is 3.96. The second kappa shape index (κ2) is 19.0. The molecule has 0 fully saturated rings. The Morgan fingerprint density at radius 1 is 0.429 bits per heavy atom. The first-order valence-corrected chi connectivity index (χ1v) is 24.3. The summed E-state index contributed by atoms with van der Waals surface area (Å²) in [4.78, 5) is 16.1. The third-order valence-electron chi connectivity index (χ3n) is 13.4. The fourth-order valence-corrected chi connectivity index (χ4v) is 9.99. The molecule has 0 aliphatic rings. The van der Waals surface area contributed by atoms with Crippen molar-refractivity contribution in [2.24, 2.45) is 0 Å². The van der Waals surface area contributed by atoms with Gasteiger partial charge in [-0.2, -0.15) is 0 Å². The van der Waals surface area contributed by atoms with Crippen molar-refractivity contribution in [3.05, 3.63) is 198 Å². The number of para-hydroxylation sites is 4. The molecule has 0 saturated heterocycles. The molecule has 70 heavy (non-hydrogen) atoms. The van der Waals surface area contributed by atoms with Gasteiger partial charge < -0.3 is 13.7 Å². The summed E-state index contributed by atoms with van der Waals surface area (Å²) in [7, 11) is 0. The molecule has 0 N–H and O–H groups in total. The Balaban J connectivity index is 0.00000567. The number of fused-ring (bicyclic) bond motifs is 6. The molecule has 0 aliphatic carbocycles. The van der Waals surface area contributed by atoms with Gasteiger partial charge in [-0.1, -0.05) is 176 Å². The standard InChI is InChI=1S/C63H55N5O.Pt/c1-38(2)49-33-45(42-20-11-9-12-21-42)34-50(39(3)4)59(49)63-64-54-31-30-48(37-53(54)62-66-56-27-16-18-29-58(56)68(62)63)69-47-25-19-24-44(32-47)61-65-55-26-15-17-28-57(55)67(61)60-51(40(5)6)35-46(36-52(60)41(7)8)43-22-13-10-14-23-43;/h9-31,33-36,38-41H,1-8H3;/q-2;+2. The van der Waals surface area contributed by atoms with Gasteiger partial charge in [-0.05, 0) is 110 Å².